The van der Waals surface area contributed by atoms with Gasteiger partial charge in [0, 0.05) is 13.1 Å². The van der Waals surface area contributed by atoms with Crippen LogP contribution >= 0.6 is 11.8 Å². The van der Waals surface area contributed by atoms with Gasteiger partial charge in [0.2, 0.25) is 5.17 Å². The lowest BCUT2D eigenvalue weighted by atomic mass is 10.1. The highest BCUT2D eigenvalue weighted by Crippen LogP contribution is 2.31. The van der Waals surface area contributed by atoms with E-state index in [2.05, 4.69) is 15.0 Å². The molecule has 8 nitrogen and oxygen atoms in total. The Morgan fingerprint density at radius 3 is 2.45 bits per heavy atom. The van der Waals surface area contributed by atoms with Gasteiger partial charge in [0.05, 0.1) is 11.1 Å². The predicted molar refractivity (Wildman–Crippen MR) is 128 cm³/mol. The van der Waals surface area contributed by atoms with Gasteiger partial charge in [-0.05, 0) is 67.4 Å². The smallest absolute Gasteiger partial charge is 0.343 e. The van der Waals surface area contributed by atoms with Crippen molar-refractivity contribution in [3.63, 3.8) is 0 Å². The number of nitrogens with zero attached hydrogens (tertiary/aromatic N) is 4. The molecule has 0 unspecified atom stereocenters. The molecule has 0 aliphatic carbocycles. The summed E-state index contributed by atoms with van der Waals surface area (Å²) in [6.45, 7) is 3.81. The van der Waals surface area contributed by atoms with Crippen molar-refractivity contribution in [1.82, 2.24) is 9.91 Å². The number of carbonyl (C=O) groups is 2. The second kappa shape index (κ2) is 8.67. The van der Waals surface area contributed by atoms with Crippen molar-refractivity contribution in [3.05, 3.63) is 70.8 Å². The number of thioether (sulfide) groups is 1. The van der Waals surface area contributed by atoms with Crippen molar-refractivity contribution in [2.24, 2.45) is 10.1 Å². The van der Waals surface area contributed by atoms with E-state index in [1.165, 1.54) is 16.8 Å². The Labute approximate surface area is 195 Å². The average Bonchev–Trinajstić information content (AvgIpc) is 3.48. The molecule has 0 saturated carbocycles. The van der Waals surface area contributed by atoms with E-state index in [9.17, 15) is 9.59 Å². The number of hydrogen-bond acceptors (Lipinski definition) is 7. The molecule has 1 N–H and O–H groups in total. The number of aryl methyl sites for hydroxylation is 1. The number of esters is 1. The highest BCUT2D eigenvalue weighted by Gasteiger charge is 2.37. The van der Waals surface area contributed by atoms with Crippen molar-refractivity contribution in [1.29, 1.82) is 5.41 Å². The van der Waals surface area contributed by atoms with Gasteiger partial charge in [-0.25, -0.2) is 4.79 Å². The first-order valence-electron chi connectivity index (χ1n) is 10.6. The zero-order valence-corrected chi connectivity index (χ0v) is 18.8. The van der Waals surface area contributed by atoms with E-state index in [1.54, 1.807) is 42.5 Å². The van der Waals surface area contributed by atoms with Gasteiger partial charge in [-0.2, -0.15) is 10.0 Å². The van der Waals surface area contributed by atoms with Crippen LogP contribution in [0.2, 0.25) is 0 Å². The Morgan fingerprint density at radius 1 is 1.06 bits per heavy atom. The van der Waals surface area contributed by atoms with Gasteiger partial charge in [0.1, 0.15) is 5.75 Å². The predicted octanol–water partition coefficient (Wildman–Crippen LogP) is 3.89. The van der Waals surface area contributed by atoms with Crippen LogP contribution in [0.5, 0.6) is 5.75 Å². The maximum Gasteiger partial charge on any atom is 0.343 e. The number of amidine groups is 3. The number of hydrazone groups is 1. The Balaban J connectivity index is 1.31. The van der Waals surface area contributed by atoms with Crippen molar-refractivity contribution in [2.75, 3.05) is 13.1 Å². The lowest BCUT2D eigenvalue weighted by Crippen LogP contribution is -2.35. The van der Waals surface area contributed by atoms with Gasteiger partial charge in [0.25, 0.3) is 5.91 Å². The summed E-state index contributed by atoms with van der Waals surface area (Å²) in [4.78, 5) is 31.2. The van der Waals surface area contributed by atoms with E-state index in [-0.39, 0.29) is 11.4 Å². The van der Waals surface area contributed by atoms with Gasteiger partial charge in [0.15, 0.2) is 11.0 Å². The Kier molecular flexibility index (Phi) is 5.55. The van der Waals surface area contributed by atoms with Crippen LogP contribution in [0.4, 0.5) is 0 Å². The number of benzene rings is 2. The first-order valence-corrected chi connectivity index (χ1v) is 11.4. The molecule has 0 atom stereocenters. The summed E-state index contributed by atoms with van der Waals surface area (Å²) < 4.78 is 5.42. The van der Waals surface area contributed by atoms with Crippen molar-refractivity contribution >= 4 is 45.9 Å². The molecule has 166 valence electrons. The van der Waals surface area contributed by atoms with E-state index in [1.807, 2.05) is 19.1 Å². The molecule has 3 aliphatic rings. The second-order valence-electron chi connectivity index (χ2n) is 7.92. The monoisotopic (exact) mass is 459 g/mol. The summed E-state index contributed by atoms with van der Waals surface area (Å²) in [6.07, 6.45) is 3.83. The molecular formula is C24H21N5O3S. The number of ether oxygens (including phenoxy) is 1. The Morgan fingerprint density at radius 2 is 1.76 bits per heavy atom. The molecule has 2 aromatic rings. The summed E-state index contributed by atoms with van der Waals surface area (Å²) in [7, 11) is 0. The Bertz CT molecular complexity index is 1230. The molecule has 0 spiro atoms. The summed E-state index contributed by atoms with van der Waals surface area (Å²) >= 11 is 1.33. The van der Waals surface area contributed by atoms with Gasteiger partial charge in [-0.1, -0.05) is 29.8 Å². The highest BCUT2D eigenvalue weighted by molar-refractivity contribution is 8.26. The molecule has 2 aromatic carbocycles. The van der Waals surface area contributed by atoms with Crippen LogP contribution in [0, 0.1) is 12.3 Å². The number of aliphatic imine (C=N–C) groups is 1. The molecule has 0 aromatic heterocycles. The Hall–Kier alpha value is -3.72. The minimum Gasteiger partial charge on any atom is -0.423 e. The number of fused-ring (bicyclic) bond motifs is 1. The third kappa shape index (κ3) is 4.31. The van der Waals surface area contributed by atoms with Crippen LogP contribution in [0.25, 0.3) is 6.08 Å². The fourth-order valence-corrected chi connectivity index (χ4v) is 4.62. The van der Waals surface area contributed by atoms with Crippen LogP contribution < -0.4 is 4.74 Å². The number of nitrogens with one attached hydrogen (secondary N) is 1. The number of likely N-dealkylation sites (tertiary alicyclic amines) is 1. The molecule has 1 amide bonds. The summed E-state index contributed by atoms with van der Waals surface area (Å²) in [5.41, 5.74) is 2.38. The standard InChI is InChI=1S/C24H21N5O3S/c1-15-4-8-17(9-5-15)22(31)32-18-10-6-16(7-11-18)14-19-20(25)29-23(26-21(19)30)33-24(27-29)28-12-2-3-13-28/h4-11,14,25H,2-3,12-13H2,1H3/b19-14+,25-20?. The second-order valence-corrected chi connectivity index (χ2v) is 8.86. The summed E-state index contributed by atoms with van der Waals surface area (Å²) in [5, 5.41) is 15.6. The van der Waals surface area contributed by atoms with E-state index < -0.39 is 11.9 Å². The first-order chi connectivity index (χ1) is 16.0. The number of amides is 1. The van der Waals surface area contributed by atoms with Crippen LogP contribution in [-0.2, 0) is 4.79 Å². The minimum absolute atomic E-state index is 0.00146. The molecule has 33 heavy (non-hydrogen) atoms. The molecule has 5 rings (SSSR count). The van der Waals surface area contributed by atoms with E-state index in [0.29, 0.717) is 22.0 Å². The summed E-state index contributed by atoms with van der Waals surface area (Å²) in [5.74, 6) is -0.512. The largest absolute Gasteiger partial charge is 0.423 e. The lowest BCUT2D eigenvalue weighted by Gasteiger charge is -2.20. The average molecular weight is 460 g/mol. The normalized spacial score (nSPS) is 19.0. The fourth-order valence-electron chi connectivity index (χ4n) is 3.67. The molecule has 0 radical (unpaired) electrons. The number of rotatable bonds is 3. The molecular weight excluding hydrogens is 438 g/mol. The quantitative estimate of drug-likeness (QED) is 0.425. The van der Waals surface area contributed by atoms with Crippen LogP contribution in [-0.4, -0.2) is 51.0 Å². The maximum absolute atomic E-state index is 12.6. The van der Waals surface area contributed by atoms with Gasteiger partial charge >= 0.3 is 5.97 Å². The van der Waals surface area contributed by atoms with Gasteiger partial charge in [-0.3, -0.25) is 10.2 Å². The van der Waals surface area contributed by atoms with Crippen molar-refractivity contribution in [2.45, 2.75) is 19.8 Å². The molecule has 1 saturated heterocycles. The van der Waals surface area contributed by atoms with Crippen molar-refractivity contribution in [3.8, 4) is 5.75 Å². The first kappa shape index (κ1) is 21.1. The van der Waals surface area contributed by atoms with Gasteiger partial charge < -0.3 is 9.64 Å². The van der Waals surface area contributed by atoms with Gasteiger partial charge in [-0.15, -0.1) is 5.10 Å². The molecule has 9 heteroatoms. The molecule has 1 fully saturated rings. The third-order valence-electron chi connectivity index (χ3n) is 5.51. The summed E-state index contributed by atoms with van der Waals surface area (Å²) in [6, 6.07) is 13.9. The number of carbonyl (C=O) groups excluding carboxylic acids is 2. The van der Waals surface area contributed by atoms with Crippen LogP contribution in [0.15, 0.2) is 64.2 Å². The van der Waals surface area contributed by atoms with Crippen LogP contribution in [0.1, 0.15) is 34.3 Å². The molecule has 3 aliphatic heterocycles. The lowest BCUT2D eigenvalue weighted by molar-refractivity contribution is -0.114. The zero-order chi connectivity index (χ0) is 22.9. The minimum atomic E-state index is -0.466. The van der Waals surface area contributed by atoms with E-state index in [4.69, 9.17) is 10.1 Å². The van der Waals surface area contributed by atoms with E-state index in [0.717, 1.165) is 36.7 Å². The van der Waals surface area contributed by atoms with Crippen LogP contribution in [0.3, 0.4) is 0 Å². The topological polar surface area (TPSA) is 98.4 Å². The maximum atomic E-state index is 12.6. The molecule has 3 heterocycles. The zero-order valence-electron chi connectivity index (χ0n) is 17.9. The van der Waals surface area contributed by atoms with Crippen molar-refractivity contribution < 1.29 is 14.3 Å². The van der Waals surface area contributed by atoms with E-state index >= 15 is 0 Å². The highest BCUT2D eigenvalue weighted by atomic mass is 32.2. The fraction of sp³-hybridized carbons (Fsp3) is 0.208. The molecule has 0 bridgehead atoms. The third-order valence-corrected chi connectivity index (χ3v) is 6.48. The number of hydrogen-bond donors (Lipinski definition) is 1. The SMILES string of the molecule is Cc1ccc(C(=O)Oc2ccc(/C=C3\C(=N)N4N=C(N5CCCC5)SC4=NC3=O)cc2)cc1.